The van der Waals surface area contributed by atoms with Gasteiger partial charge in [-0.1, -0.05) is 188 Å². The number of hydrogen-bond acceptors (Lipinski definition) is 0. The minimum Gasteiger partial charge on any atom is -0.0622 e. The van der Waals surface area contributed by atoms with Gasteiger partial charge in [0.2, 0.25) is 0 Å². The van der Waals surface area contributed by atoms with Crippen LogP contribution < -0.4 is 0 Å². The molecule has 0 saturated heterocycles. The van der Waals surface area contributed by atoms with Gasteiger partial charge in [-0.15, -0.1) is 0 Å². The highest BCUT2D eigenvalue weighted by Gasteiger charge is 2.17. The van der Waals surface area contributed by atoms with Gasteiger partial charge in [0.25, 0.3) is 0 Å². The van der Waals surface area contributed by atoms with Crippen molar-refractivity contribution < 1.29 is 0 Å². The van der Waals surface area contributed by atoms with E-state index in [1.807, 2.05) is 0 Å². The molecule has 0 aliphatic rings. The van der Waals surface area contributed by atoms with Crippen LogP contribution in [0.2, 0.25) is 0 Å². The Balaban J connectivity index is 1.12. The van der Waals surface area contributed by atoms with Crippen LogP contribution in [0.3, 0.4) is 0 Å². The fourth-order valence-corrected chi connectivity index (χ4v) is 8.81. The van der Waals surface area contributed by atoms with Gasteiger partial charge in [-0.3, -0.25) is 0 Å². The van der Waals surface area contributed by atoms with E-state index in [-0.39, 0.29) is 0 Å². The summed E-state index contributed by atoms with van der Waals surface area (Å²) in [5.74, 6) is 0. The molecule has 0 amide bonds. The molecule has 0 heteroatoms. The molecule has 56 heavy (non-hydrogen) atoms. The molecule has 260 valence electrons. The van der Waals surface area contributed by atoms with Crippen molar-refractivity contribution in [2.24, 2.45) is 0 Å². The predicted octanol–water partition coefficient (Wildman–Crippen LogP) is 15.8. The van der Waals surface area contributed by atoms with Gasteiger partial charge >= 0.3 is 0 Å². The number of hydrogen-bond donors (Lipinski definition) is 0. The van der Waals surface area contributed by atoms with Crippen molar-refractivity contribution >= 4 is 53.9 Å². The first-order valence-electron chi connectivity index (χ1n) is 19.4. The summed E-state index contributed by atoms with van der Waals surface area (Å²) in [7, 11) is 0. The molecular weight excluding hydrogens is 673 g/mol. The molecule has 11 aromatic rings. The van der Waals surface area contributed by atoms with Crippen LogP contribution in [-0.4, -0.2) is 0 Å². The van der Waals surface area contributed by atoms with Crippen molar-refractivity contribution in [1.82, 2.24) is 0 Å². The highest BCUT2D eigenvalue weighted by atomic mass is 14.2. The normalized spacial score (nSPS) is 11.6. The molecule has 0 nitrogen and oxygen atoms in total. The molecule has 0 bridgehead atoms. The summed E-state index contributed by atoms with van der Waals surface area (Å²) in [5.41, 5.74) is 12.3. The molecule has 0 unspecified atom stereocenters. The molecule has 0 radical (unpaired) electrons. The van der Waals surface area contributed by atoms with Crippen LogP contribution in [0.5, 0.6) is 0 Å². The first-order chi connectivity index (χ1) is 27.7. The molecule has 0 heterocycles. The van der Waals surface area contributed by atoms with Crippen molar-refractivity contribution in [2.75, 3.05) is 0 Å². The van der Waals surface area contributed by atoms with Crippen LogP contribution in [0.1, 0.15) is 0 Å². The third-order valence-corrected chi connectivity index (χ3v) is 11.6. The van der Waals surface area contributed by atoms with E-state index < -0.39 is 0 Å². The van der Waals surface area contributed by atoms with Crippen molar-refractivity contribution in [2.45, 2.75) is 0 Å². The van der Waals surface area contributed by atoms with Crippen LogP contribution >= 0.6 is 0 Å². The van der Waals surface area contributed by atoms with Crippen molar-refractivity contribution in [3.05, 3.63) is 218 Å². The van der Waals surface area contributed by atoms with E-state index in [4.69, 9.17) is 0 Å². The zero-order chi connectivity index (χ0) is 37.0. The monoisotopic (exact) mass is 708 g/mol. The van der Waals surface area contributed by atoms with E-state index in [1.165, 1.54) is 109 Å². The Labute approximate surface area is 326 Å². The lowest BCUT2D eigenvalue weighted by atomic mass is 9.86. The molecule has 0 saturated carbocycles. The quantitative estimate of drug-likeness (QED) is 0.156. The van der Waals surface area contributed by atoms with Gasteiger partial charge in [-0.05, 0) is 140 Å². The molecular formula is C56H36. The van der Waals surface area contributed by atoms with Gasteiger partial charge in [0, 0.05) is 0 Å². The summed E-state index contributed by atoms with van der Waals surface area (Å²) in [6, 6.07) is 80.4. The van der Waals surface area contributed by atoms with Gasteiger partial charge in [-0.2, -0.15) is 0 Å². The lowest BCUT2D eigenvalue weighted by Crippen LogP contribution is -1.91. The van der Waals surface area contributed by atoms with E-state index in [0.29, 0.717) is 0 Å². The molecule has 0 aliphatic carbocycles. The standard InChI is InChI=1S/C56H36/c1-3-13-40(14-4-1)51-35-56-50-31-29-46(44-27-24-37-12-7-8-18-43(37)32-44)34-54(50)52(41-15-5-2-6-16-41)36-55(56)49-30-28-45(33-53(49)51)38-22-25-42(26-23-38)48-21-11-19-39-17-9-10-20-47(39)48/h1-36H. The molecule has 0 atom stereocenters. The van der Waals surface area contributed by atoms with Crippen LogP contribution in [0, 0.1) is 0 Å². The van der Waals surface area contributed by atoms with E-state index in [1.54, 1.807) is 0 Å². The van der Waals surface area contributed by atoms with Crippen LogP contribution in [0.25, 0.3) is 109 Å². The van der Waals surface area contributed by atoms with Crippen molar-refractivity contribution in [3.63, 3.8) is 0 Å². The molecule has 0 fully saturated rings. The van der Waals surface area contributed by atoms with E-state index in [0.717, 1.165) is 0 Å². The van der Waals surface area contributed by atoms with E-state index in [2.05, 4.69) is 218 Å². The van der Waals surface area contributed by atoms with Gasteiger partial charge in [0.1, 0.15) is 0 Å². The second-order valence-corrected chi connectivity index (χ2v) is 14.9. The fraction of sp³-hybridized carbons (Fsp3) is 0. The van der Waals surface area contributed by atoms with Crippen LogP contribution in [0.4, 0.5) is 0 Å². The summed E-state index contributed by atoms with van der Waals surface area (Å²) in [6.07, 6.45) is 0. The predicted molar refractivity (Wildman–Crippen MR) is 241 cm³/mol. The van der Waals surface area contributed by atoms with Gasteiger partial charge in [-0.25, -0.2) is 0 Å². The Morgan fingerprint density at radius 1 is 0.161 bits per heavy atom. The third-order valence-electron chi connectivity index (χ3n) is 11.6. The number of fused-ring (bicyclic) bond motifs is 7. The highest BCUT2D eigenvalue weighted by Crippen LogP contribution is 2.44. The molecule has 0 aliphatic heterocycles. The van der Waals surface area contributed by atoms with Crippen molar-refractivity contribution in [1.29, 1.82) is 0 Å². The summed E-state index contributed by atoms with van der Waals surface area (Å²) in [4.78, 5) is 0. The lowest BCUT2D eigenvalue weighted by Gasteiger charge is -2.18. The maximum atomic E-state index is 2.44. The SMILES string of the molecule is c1ccc(-c2cc3c4ccc(-c5ccc6ccccc6c5)cc4c(-c4ccccc4)cc3c3ccc(-c4ccc(-c5cccc6ccccc56)cc4)cc23)cc1. The average Bonchev–Trinajstić information content (AvgIpc) is 3.28. The zero-order valence-electron chi connectivity index (χ0n) is 30.8. The zero-order valence-corrected chi connectivity index (χ0v) is 30.8. The van der Waals surface area contributed by atoms with Crippen LogP contribution in [-0.2, 0) is 0 Å². The molecule has 11 aromatic carbocycles. The molecule has 11 rings (SSSR count). The maximum absolute atomic E-state index is 2.44. The summed E-state index contributed by atoms with van der Waals surface area (Å²) < 4.78 is 0. The Kier molecular flexibility index (Phi) is 7.60. The Hall–Kier alpha value is -7.28. The smallest absolute Gasteiger partial charge is 0.00923 e. The minimum atomic E-state index is 1.21. The van der Waals surface area contributed by atoms with Crippen LogP contribution in [0.15, 0.2) is 218 Å². The number of benzene rings is 11. The van der Waals surface area contributed by atoms with E-state index in [9.17, 15) is 0 Å². The summed E-state index contributed by atoms with van der Waals surface area (Å²) >= 11 is 0. The Bertz CT molecular complexity index is 3260. The first kappa shape index (κ1) is 32.2. The first-order valence-corrected chi connectivity index (χ1v) is 19.4. The minimum absolute atomic E-state index is 1.21. The topological polar surface area (TPSA) is 0 Å². The third kappa shape index (κ3) is 5.46. The summed E-state index contributed by atoms with van der Waals surface area (Å²) in [6.45, 7) is 0. The molecule has 0 N–H and O–H groups in total. The molecule has 0 spiro atoms. The average molecular weight is 709 g/mol. The van der Waals surface area contributed by atoms with E-state index >= 15 is 0 Å². The van der Waals surface area contributed by atoms with Gasteiger partial charge in [0.05, 0.1) is 0 Å². The lowest BCUT2D eigenvalue weighted by molar-refractivity contribution is 1.62. The maximum Gasteiger partial charge on any atom is -0.00923 e. The second-order valence-electron chi connectivity index (χ2n) is 14.9. The number of rotatable bonds is 5. The Morgan fingerprint density at radius 2 is 0.607 bits per heavy atom. The molecule has 0 aromatic heterocycles. The largest absolute Gasteiger partial charge is 0.0622 e. The Morgan fingerprint density at radius 3 is 1.25 bits per heavy atom. The van der Waals surface area contributed by atoms with Gasteiger partial charge < -0.3 is 0 Å². The van der Waals surface area contributed by atoms with Crippen molar-refractivity contribution in [3.8, 4) is 55.6 Å². The van der Waals surface area contributed by atoms with Gasteiger partial charge in [0.15, 0.2) is 0 Å². The summed E-state index contributed by atoms with van der Waals surface area (Å²) in [5, 5.41) is 12.6. The second kappa shape index (κ2) is 13.2. The fourth-order valence-electron chi connectivity index (χ4n) is 8.81. The highest BCUT2D eigenvalue weighted by molar-refractivity contribution is 6.24.